The summed E-state index contributed by atoms with van der Waals surface area (Å²) in [6.45, 7) is 13.2. The molecule has 2 rings (SSSR count). The van der Waals surface area contributed by atoms with E-state index in [1.807, 2.05) is 0 Å². The molecule has 23 heavy (non-hydrogen) atoms. The van der Waals surface area contributed by atoms with Crippen molar-refractivity contribution in [3.63, 3.8) is 0 Å². The molecule has 0 nitrogen and oxygen atoms in total. The van der Waals surface area contributed by atoms with E-state index in [1.165, 1.54) is 71.9 Å². The molecule has 0 aromatic heterocycles. The zero-order valence-corrected chi connectivity index (χ0v) is 18.5. The van der Waals surface area contributed by atoms with Gasteiger partial charge in [0.25, 0.3) is 0 Å². The van der Waals surface area contributed by atoms with Crippen LogP contribution in [0.2, 0.25) is 0 Å². The van der Waals surface area contributed by atoms with Crippen LogP contribution in [0.25, 0.3) is 0 Å². The molecule has 0 fully saturated rings. The molecule has 0 saturated heterocycles. The van der Waals surface area contributed by atoms with Gasteiger partial charge in [-0.25, -0.2) is 12.1 Å². The van der Waals surface area contributed by atoms with Crippen LogP contribution >= 0.6 is 0 Å². The molecule has 0 atom stereocenters. The topological polar surface area (TPSA) is 0 Å². The Balaban J connectivity index is 0.000000403. The van der Waals surface area contributed by atoms with Crippen LogP contribution in [-0.4, -0.2) is 0 Å². The summed E-state index contributed by atoms with van der Waals surface area (Å²) in [4.78, 5) is 0. The van der Waals surface area contributed by atoms with Crippen molar-refractivity contribution in [3.05, 3.63) is 57.6 Å². The molecule has 0 radical (unpaired) electrons. The van der Waals surface area contributed by atoms with Gasteiger partial charge in [0, 0.05) is 0 Å². The van der Waals surface area contributed by atoms with Gasteiger partial charge in [0.2, 0.25) is 0 Å². The second-order valence-corrected chi connectivity index (χ2v) is 6.67. The molecule has 126 valence electrons. The van der Waals surface area contributed by atoms with E-state index >= 15 is 0 Å². The van der Waals surface area contributed by atoms with E-state index in [4.69, 9.17) is 0 Å². The summed E-state index contributed by atoms with van der Waals surface area (Å²) in [6, 6.07) is 9.24. The van der Waals surface area contributed by atoms with Gasteiger partial charge in [-0.1, -0.05) is 80.1 Å². The van der Waals surface area contributed by atoms with Crippen molar-refractivity contribution >= 4 is 0 Å². The third kappa shape index (κ3) is 8.30. The number of hydrogen-bond donors (Lipinski definition) is 0. The maximum atomic E-state index is 2.31. The van der Waals surface area contributed by atoms with Crippen molar-refractivity contribution in [2.75, 3.05) is 0 Å². The van der Waals surface area contributed by atoms with Crippen LogP contribution in [0, 0.1) is 27.7 Å². The molecule has 0 saturated carbocycles. The third-order valence-electron chi connectivity index (χ3n) is 4.49. The summed E-state index contributed by atoms with van der Waals surface area (Å²) in [5.74, 6) is 0. The second-order valence-electron chi connectivity index (χ2n) is 6.67. The van der Waals surface area contributed by atoms with E-state index in [-0.39, 0.29) is 26.2 Å². The average molecular weight is 390 g/mol. The molecular formula is C22H34Zr. The van der Waals surface area contributed by atoms with Gasteiger partial charge < -0.3 is 0 Å². The largest absolute Gasteiger partial charge is 2.00 e. The first-order valence-corrected chi connectivity index (χ1v) is 8.93. The molecule has 0 aliphatic heterocycles. The van der Waals surface area contributed by atoms with Crippen LogP contribution in [0.5, 0.6) is 0 Å². The Labute approximate surface area is 163 Å². The fourth-order valence-electron chi connectivity index (χ4n) is 2.70. The first-order valence-electron chi connectivity index (χ1n) is 8.93. The predicted octanol–water partition coefficient (Wildman–Crippen LogP) is 6.73. The van der Waals surface area contributed by atoms with Crippen molar-refractivity contribution in [1.29, 1.82) is 0 Å². The fraction of sp³-hybridized carbons (Fsp3) is 0.545. The van der Waals surface area contributed by atoms with Gasteiger partial charge in [-0.2, -0.15) is 45.5 Å². The molecule has 0 bridgehead atoms. The van der Waals surface area contributed by atoms with E-state index in [0.29, 0.717) is 0 Å². The van der Waals surface area contributed by atoms with Crippen LogP contribution in [0.1, 0.15) is 72.9 Å². The molecule has 2 aromatic carbocycles. The van der Waals surface area contributed by atoms with Crippen molar-refractivity contribution in [1.82, 2.24) is 0 Å². The van der Waals surface area contributed by atoms with E-state index in [2.05, 4.69) is 65.8 Å². The normalized spacial score (nSPS) is 10.0. The van der Waals surface area contributed by atoms with Gasteiger partial charge >= 0.3 is 26.2 Å². The van der Waals surface area contributed by atoms with E-state index in [0.717, 1.165) is 0 Å². The van der Waals surface area contributed by atoms with Crippen molar-refractivity contribution in [2.24, 2.45) is 0 Å². The standard InChI is InChI=1S/2C11H17.Zr/c2*1-4-5-6-11-7-9(2)10(3)8-11;/h2*7-8H,4-6H2,1-3H3;/q2*-1;+2. The summed E-state index contributed by atoms with van der Waals surface area (Å²) in [5, 5.41) is 0. The van der Waals surface area contributed by atoms with Crippen LogP contribution in [-0.2, 0) is 39.0 Å². The molecule has 2 aromatic rings. The first-order chi connectivity index (χ1) is 10.5. The van der Waals surface area contributed by atoms with E-state index < -0.39 is 0 Å². The minimum atomic E-state index is 0. The number of rotatable bonds is 6. The Hall–Kier alpha value is -0.417. The number of unbranched alkanes of at least 4 members (excludes halogenated alkanes) is 2. The summed E-state index contributed by atoms with van der Waals surface area (Å²) in [5.41, 5.74) is 8.79. The molecule has 0 N–H and O–H groups in total. The van der Waals surface area contributed by atoms with Gasteiger partial charge in [0.1, 0.15) is 0 Å². The summed E-state index contributed by atoms with van der Waals surface area (Å²) in [7, 11) is 0. The Kier molecular flexibility index (Phi) is 11.8. The van der Waals surface area contributed by atoms with Gasteiger partial charge in [-0.05, 0) is 0 Å². The van der Waals surface area contributed by atoms with Gasteiger partial charge in [0.15, 0.2) is 0 Å². The number of aryl methyl sites for hydroxylation is 6. The molecule has 1 heteroatoms. The Morgan fingerprint density at radius 2 is 1.09 bits per heavy atom. The van der Waals surface area contributed by atoms with Crippen LogP contribution < -0.4 is 0 Å². The average Bonchev–Trinajstić information content (AvgIpc) is 2.98. The Bertz CT molecular complexity index is 453. The van der Waals surface area contributed by atoms with Crippen LogP contribution in [0.4, 0.5) is 0 Å². The summed E-state index contributed by atoms with van der Waals surface area (Å²) in [6.07, 6.45) is 7.74. The van der Waals surface area contributed by atoms with E-state index in [1.54, 1.807) is 0 Å². The van der Waals surface area contributed by atoms with Crippen molar-refractivity contribution in [3.8, 4) is 0 Å². The Morgan fingerprint density at radius 3 is 1.30 bits per heavy atom. The molecule has 0 aliphatic carbocycles. The predicted molar refractivity (Wildman–Crippen MR) is 100 cm³/mol. The molecular weight excluding hydrogens is 355 g/mol. The molecule has 0 heterocycles. The quantitative estimate of drug-likeness (QED) is 0.481. The monoisotopic (exact) mass is 388 g/mol. The summed E-state index contributed by atoms with van der Waals surface area (Å²) >= 11 is 0. The van der Waals surface area contributed by atoms with Gasteiger partial charge in [-0.15, -0.1) is 0 Å². The second kappa shape index (κ2) is 12.0. The van der Waals surface area contributed by atoms with Crippen LogP contribution in [0.15, 0.2) is 24.3 Å². The maximum Gasteiger partial charge on any atom is 2.00 e. The first kappa shape index (κ1) is 22.6. The molecule has 0 amide bonds. The van der Waals surface area contributed by atoms with E-state index in [9.17, 15) is 0 Å². The van der Waals surface area contributed by atoms with Crippen molar-refractivity contribution in [2.45, 2.75) is 80.1 Å². The maximum absolute atomic E-state index is 2.31. The van der Waals surface area contributed by atoms with Crippen LogP contribution in [0.3, 0.4) is 0 Å². The molecule has 0 unspecified atom stereocenters. The minimum absolute atomic E-state index is 0. The fourth-order valence-corrected chi connectivity index (χ4v) is 2.70. The zero-order valence-electron chi connectivity index (χ0n) is 16.1. The zero-order chi connectivity index (χ0) is 16.5. The minimum Gasteiger partial charge on any atom is -0.207 e. The number of hydrogen-bond acceptors (Lipinski definition) is 0. The Morgan fingerprint density at radius 1 is 0.739 bits per heavy atom. The van der Waals surface area contributed by atoms with Gasteiger partial charge in [0.05, 0.1) is 0 Å². The van der Waals surface area contributed by atoms with Gasteiger partial charge in [-0.3, -0.25) is 0 Å². The smallest absolute Gasteiger partial charge is 0.207 e. The summed E-state index contributed by atoms with van der Waals surface area (Å²) < 4.78 is 0. The SMILES string of the molecule is CCCCc1cc(C)[c-](C)c1.CCCCc1cc(C)[c-](C)c1.[Zr+2]. The molecule has 0 spiro atoms. The van der Waals surface area contributed by atoms with Crippen molar-refractivity contribution < 1.29 is 26.2 Å². The molecule has 0 aliphatic rings. The third-order valence-corrected chi connectivity index (χ3v) is 4.49.